The lowest BCUT2D eigenvalue weighted by Crippen LogP contribution is -2.50. The summed E-state index contributed by atoms with van der Waals surface area (Å²) in [5.74, 6) is 0.755. The normalized spacial score (nSPS) is 18.7. The van der Waals surface area contributed by atoms with E-state index in [0.717, 1.165) is 35.9 Å². The lowest BCUT2D eigenvalue weighted by molar-refractivity contribution is -0.116. The van der Waals surface area contributed by atoms with Crippen LogP contribution in [0.2, 0.25) is 0 Å². The summed E-state index contributed by atoms with van der Waals surface area (Å²) in [6.45, 7) is 2.10. The average molecular weight is 514 g/mol. The summed E-state index contributed by atoms with van der Waals surface area (Å²) in [5.41, 5.74) is 0.534. The standard InChI is InChI=1S/C17H14Br2N4OS2/c1-2-7-25-17-21-16(24)14-10-8-9(18)3-4-11(10)20-15(23(14)22-17)12-5-6-13(19)26-12/h3-6,8,15H,2,7H2,1H3,(H,21,22,24)/t15-/m0/s1. The van der Waals surface area contributed by atoms with E-state index in [1.807, 2.05) is 30.3 Å². The van der Waals surface area contributed by atoms with Gasteiger partial charge in [0.15, 0.2) is 11.3 Å². The van der Waals surface area contributed by atoms with E-state index in [1.54, 1.807) is 28.1 Å². The predicted octanol–water partition coefficient (Wildman–Crippen LogP) is 3.56. The molecular formula is C17H14Br2N4OS2. The SMILES string of the molecule is CCCSC1=NN2C(=c3cc(Br)ccc3=N[C@@H]2c2ccc(Br)s2)C(=O)N1. The molecule has 0 radical (unpaired) electrons. The molecule has 1 atom stereocenters. The number of nitrogens with one attached hydrogen (secondary N) is 1. The molecule has 1 N–H and O–H groups in total. The summed E-state index contributed by atoms with van der Waals surface area (Å²) in [7, 11) is 0. The molecule has 4 rings (SSSR count). The van der Waals surface area contributed by atoms with Gasteiger partial charge in [-0.3, -0.25) is 15.1 Å². The number of thiophene rings is 1. The molecule has 2 aromatic rings. The summed E-state index contributed by atoms with van der Waals surface area (Å²) < 4.78 is 1.93. The quantitative estimate of drug-likeness (QED) is 0.682. The van der Waals surface area contributed by atoms with E-state index in [1.165, 1.54) is 0 Å². The molecule has 5 nitrogen and oxygen atoms in total. The van der Waals surface area contributed by atoms with Crippen LogP contribution in [0.25, 0.3) is 5.70 Å². The van der Waals surface area contributed by atoms with Crippen molar-refractivity contribution in [2.75, 3.05) is 5.75 Å². The summed E-state index contributed by atoms with van der Waals surface area (Å²) in [6.07, 6.45) is 0.663. The molecule has 0 spiro atoms. The highest BCUT2D eigenvalue weighted by Gasteiger charge is 2.35. The molecule has 2 aliphatic heterocycles. The fraction of sp³-hybridized carbons (Fsp3) is 0.235. The number of hydrogen-bond acceptors (Lipinski definition) is 6. The van der Waals surface area contributed by atoms with Gasteiger partial charge in [0, 0.05) is 15.4 Å². The molecule has 0 saturated carbocycles. The van der Waals surface area contributed by atoms with Gasteiger partial charge in [-0.15, -0.1) is 16.4 Å². The molecule has 0 unspecified atom stereocenters. The summed E-state index contributed by atoms with van der Waals surface area (Å²) in [5, 5.41) is 11.6. The molecule has 1 amide bonds. The third kappa shape index (κ3) is 3.37. The van der Waals surface area contributed by atoms with Gasteiger partial charge in [0.05, 0.1) is 14.0 Å². The molecule has 2 aliphatic rings. The van der Waals surface area contributed by atoms with Crippen LogP contribution in [0.1, 0.15) is 24.4 Å². The maximum atomic E-state index is 12.9. The van der Waals surface area contributed by atoms with Gasteiger partial charge in [0.2, 0.25) is 0 Å². The highest BCUT2D eigenvalue weighted by atomic mass is 79.9. The summed E-state index contributed by atoms with van der Waals surface area (Å²) in [4.78, 5) is 18.8. The van der Waals surface area contributed by atoms with E-state index in [2.05, 4.69) is 44.1 Å². The van der Waals surface area contributed by atoms with Crippen LogP contribution >= 0.6 is 55.0 Å². The van der Waals surface area contributed by atoms with Crippen molar-refractivity contribution in [3.05, 3.63) is 54.0 Å². The molecule has 0 saturated heterocycles. The van der Waals surface area contributed by atoms with Crippen LogP contribution in [0.4, 0.5) is 0 Å². The van der Waals surface area contributed by atoms with Gasteiger partial charge in [-0.2, -0.15) is 0 Å². The van der Waals surface area contributed by atoms with Gasteiger partial charge in [0.25, 0.3) is 5.91 Å². The molecule has 0 aliphatic carbocycles. The minimum absolute atomic E-state index is 0.145. The van der Waals surface area contributed by atoms with E-state index in [-0.39, 0.29) is 12.1 Å². The molecule has 9 heteroatoms. The van der Waals surface area contributed by atoms with Crippen molar-refractivity contribution in [2.45, 2.75) is 19.5 Å². The van der Waals surface area contributed by atoms with E-state index in [9.17, 15) is 4.79 Å². The molecule has 26 heavy (non-hydrogen) atoms. The number of hydrazone groups is 1. The smallest absolute Gasteiger partial charge is 0.276 e. The van der Waals surface area contributed by atoms with Crippen LogP contribution in [-0.2, 0) is 4.79 Å². The maximum absolute atomic E-state index is 12.9. The number of carbonyl (C=O) groups is 1. The molecule has 3 heterocycles. The Kier molecular flexibility index (Phi) is 5.22. The minimum atomic E-state index is -0.349. The number of amidine groups is 1. The predicted molar refractivity (Wildman–Crippen MR) is 113 cm³/mol. The van der Waals surface area contributed by atoms with Crippen molar-refractivity contribution < 1.29 is 4.79 Å². The number of thioether (sulfide) groups is 1. The highest BCUT2D eigenvalue weighted by molar-refractivity contribution is 9.11. The fourth-order valence-corrected chi connectivity index (χ4v) is 5.29. The third-order valence-corrected chi connectivity index (χ3v) is 7.09. The number of carbonyl (C=O) groups excluding carboxylic acids is 1. The van der Waals surface area contributed by atoms with Crippen LogP contribution in [0.15, 0.2) is 48.7 Å². The Morgan fingerprint density at radius 1 is 1.31 bits per heavy atom. The van der Waals surface area contributed by atoms with Crippen LogP contribution < -0.4 is 15.9 Å². The first-order valence-corrected chi connectivity index (χ1v) is 11.4. The number of benzene rings is 1. The number of nitrogens with zero attached hydrogens (tertiary/aromatic N) is 3. The van der Waals surface area contributed by atoms with E-state index in [4.69, 9.17) is 10.1 Å². The second-order valence-corrected chi connectivity index (χ2v) is 10.2. The number of fused-ring (bicyclic) bond motifs is 2. The van der Waals surface area contributed by atoms with Crippen molar-refractivity contribution in [3.63, 3.8) is 0 Å². The van der Waals surface area contributed by atoms with Gasteiger partial charge in [-0.25, -0.2) is 5.01 Å². The Bertz CT molecular complexity index is 1030. The van der Waals surface area contributed by atoms with Crippen molar-refractivity contribution in [1.29, 1.82) is 0 Å². The molecule has 134 valence electrons. The Labute approximate surface area is 175 Å². The summed E-state index contributed by atoms with van der Waals surface area (Å²) in [6, 6.07) is 9.79. The second kappa shape index (κ2) is 7.46. The summed E-state index contributed by atoms with van der Waals surface area (Å²) >= 11 is 10.1. The number of halogens is 2. The minimum Gasteiger partial charge on any atom is -0.298 e. The highest BCUT2D eigenvalue weighted by Crippen LogP contribution is 2.36. The van der Waals surface area contributed by atoms with Crippen molar-refractivity contribution >= 4 is 71.7 Å². The van der Waals surface area contributed by atoms with Gasteiger partial charge < -0.3 is 0 Å². The van der Waals surface area contributed by atoms with E-state index >= 15 is 0 Å². The van der Waals surface area contributed by atoms with Crippen molar-refractivity contribution in [2.24, 2.45) is 10.1 Å². The fourth-order valence-electron chi connectivity index (χ4n) is 2.77. The van der Waals surface area contributed by atoms with Crippen molar-refractivity contribution in [3.8, 4) is 0 Å². The van der Waals surface area contributed by atoms with Gasteiger partial charge in [0.1, 0.15) is 5.70 Å². The van der Waals surface area contributed by atoms with Crippen LogP contribution in [0.3, 0.4) is 0 Å². The Hall–Kier alpha value is -1.16. The van der Waals surface area contributed by atoms with Crippen LogP contribution in [0, 0.1) is 0 Å². The van der Waals surface area contributed by atoms with E-state index in [0.29, 0.717) is 10.9 Å². The monoisotopic (exact) mass is 512 g/mol. The molecule has 1 aromatic heterocycles. The number of hydrogen-bond donors (Lipinski definition) is 1. The Morgan fingerprint density at radius 3 is 2.88 bits per heavy atom. The first-order valence-electron chi connectivity index (χ1n) is 8.01. The maximum Gasteiger partial charge on any atom is 0.276 e. The first kappa shape index (κ1) is 18.2. The topological polar surface area (TPSA) is 57.1 Å². The second-order valence-electron chi connectivity index (χ2n) is 5.71. The van der Waals surface area contributed by atoms with Gasteiger partial charge >= 0.3 is 0 Å². The Morgan fingerprint density at radius 2 is 2.15 bits per heavy atom. The van der Waals surface area contributed by atoms with E-state index < -0.39 is 0 Å². The van der Waals surface area contributed by atoms with Gasteiger partial charge in [-0.05, 0) is 52.7 Å². The average Bonchev–Trinajstić information content (AvgIpc) is 3.05. The van der Waals surface area contributed by atoms with Gasteiger partial charge in [-0.1, -0.05) is 34.6 Å². The zero-order valence-corrected chi connectivity index (χ0v) is 18.5. The van der Waals surface area contributed by atoms with Crippen molar-refractivity contribution in [1.82, 2.24) is 10.3 Å². The molecule has 0 bridgehead atoms. The number of amides is 1. The zero-order valence-electron chi connectivity index (χ0n) is 13.7. The zero-order chi connectivity index (χ0) is 18.3. The third-order valence-electron chi connectivity index (χ3n) is 3.86. The number of rotatable bonds is 3. The lowest BCUT2D eigenvalue weighted by atomic mass is 10.1. The molecule has 1 aromatic carbocycles. The van der Waals surface area contributed by atoms with Crippen LogP contribution in [-0.4, -0.2) is 21.8 Å². The first-order chi connectivity index (χ1) is 12.6. The molecule has 0 fully saturated rings. The van der Waals surface area contributed by atoms with Crippen LogP contribution in [0.5, 0.6) is 0 Å². The molecular weight excluding hydrogens is 500 g/mol. The lowest BCUT2D eigenvalue weighted by Gasteiger charge is -2.33. The Balaban J connectivity index is 1.92. The largest absolute Gasteiger partial charge is 0.298 e.